The zero-order valence-electron chi connectivity index (χ0n) is 20.5. The minimum atomic E-state index is -0.380. The van der Waals surface area contributed by atoms with E-state index in [1.807, 2.05) is 25.1 Å². The van der Waals surface area contributed by atoms with Gasteiger partial charge in [-0.2, -0.15) is 0 Å². The third kappa shape index (κ3) is 6.66. The van der Waals surface area contributed by atoms with Crippen molar-refractivity contribution in [2.24, 2.45) is 0 Å². The highest BCUT2D eigenvalue weighted by molar-refractivity contribution is 6.01. The van der Waals surface area contributed by atoms with Gasteiger partial charge in [-0.1, -0.05) is 13.0 Å². The number of carbonyl (C=O) groups excluding carboxylic acids is 2. The maximum atomic E-state index is 12.9. The predicted molar refractivity (Wildman–Crippen MR) is 132 cm³/mol. The summed E-state index contributed by atoms with van der Waals surface area (Å²) in [6, 6.07) is 6.01. The van der Waals surface area contributed by atoms with Gasteiger partial charge in [-0.25, -0.2) is 14.8 Å². The average Bonchev–Trinajstić information content (AvgIpc) is 2.85. The van der Waals surface area contributed by atoms with Gasteiger partial charge in [0.1, 0.15) is 5.82 Å². The highest BCUT2D eigenvalue weighted by Crippen LogP contribution is 2.35. The average molecular weight is 470 g/mol. The number of hydrogen-bond donors (Lipinski definition) is 2. The van der Waals surface area contributed by atoms with Crippen molar-refractivity contribution in [2.45, 2.75) is 58.4 Å². The van der Waals surface area contributed by atoms with E-state index in [2.05, 4.69) is 32.4 Å². The number of aryl methyl sites for hydroxylation is 1. The molecule has 34 heavy (non-hydrogen) atoms. The van der Waals surface area contributed by atoms with Crippen molar-refractivity contribution >= 4 is 29.1 Å². The number of hydrogen-bond acceptors (Lipinski definition) is 7. The first kappa shape index (κ1) is 25.4. The summed E-state index contributed by atoms with van der Waals surface area (Å²) in [6.45, 7) is 8.20. The SMILES string of the molecule is CCC(CC(=O)OC)c1ccc(N(CC)C2CCOCC2)c(NC(=O)Nc2cnc(C)nc2)c1. The first-order valence-electron chi connectivity index (χ1n) is 11.9. The van der Waals surface area contributed by atoms with E-state index >= 15 is 0 Å². The van der Waals surface area contributed by atoms with E-state index < -0.39 is 0 Å². The molecule has 1 aromatic heterocycles. The number of anilines is 3. The third-order valence-corrected chi connectivity index (χ3v) is 6.19. The van der Waals surface area contributed by atoms with Crippen molar-refractivity contribution in [1.82, 2.24) is 9.97 Å². The van der Waals surface area contributed by atoms with Crippen molar-refractivity contribution in [3.05, 3.63) is 42.0 Å². The molecule has 1 unspecified atom stereocenters. The molecule has 1 atom stereocenters. The zero-order valence-corrected chi connectivity index (χ0v) is 20.5. The number of methoxy groups -OCH3 is 1. The monoisotopic (exact) mass is 469 g/mol. The Morgan fingerprint density at radius 3 is 2.50 bits per heavy atom. The summed E-state index contributed by atoms with van der Waals surface area (Å²) in [6.07, 6.45) is 6.07. The van der Waals surface area contributed by atoms with E-state index in [0.717, 1.165) is 50.3 Å². The van der Waals surface area contributed by atoms with Gasteiger partial charge in [-0.15, -0.1) is 0 Å². The first-order valence-corrected chi connectivity index (χ1v) is 11.9. The number of esters is 1. The third-order valence-electron chi connectivity index (χ3n) is 6.19. The minimum Gasteiger partial charge on any atom is -0.469 e. The van der Waals surface area contributed by atoms with Gasteiger partial charge >= 0.3 is 12.0 Å². The molecule has 2 amide bonds. The van der Waals surface area contributed by atoms with Crippen LogP contribution in [0.4, 0.5) is 21.9 Å². The fourth-order valence-electron chi connectivity index (χ4n) is 4.30. The summed E-state index contributed by atoms with van der Waals surface area (Å²) >= 11 is 0. The molecule has 0 bridgehead atoms. The number of aromatic nitrogens is 2. The summed E-state index contributed by atoms with van der Waals surface area (Å²) in [5, 5.41) is 5.82. The van der Waals surface area contributed by atoms with Crippen LogP contribution in [0.15, 0.2) is 30.6 Å². The molecular formula is C25H35N5O4. The van der Waals surface area contributed by atoms with Gasteiger partial charge < -0.3 is 25.0 Å². The number of nitrogens with one attached hydrogen (secondary N) is 2. The number of nitrogens with zero attached hydrogens (tertiary/aromatic N) is 3. The van der Waals surface area contributed by atoms with E-state index in [9.17, 15) is 9.59 Å². The molecule has 9 nitrogen and oxygen atoms in total. The molecule has 1 fully saturated rings. The maximum Gasteiger partial charge on any atom is 0.323 e. The van der Waals surface area contributed by atoms with E-state index in [4.69, 9.17) is 9.47 Å². The molecule has 2 aromatic rings. The molecule has 2 N–H and O–H groups in total. The Morgan fingerprint density at radius 1 is 1.18 bits per heavy atom. The van der Waals surface area contributed by atoms with E-state index in [0.29, 0.717) is 23.2 Å². The fourth-order valence-corrected chi connectivity index (χ4v) is 4.30. The van der Waals surface area contributed by atoms with E-state index in [1.54, 1.807) is 19.3 Å². The van der Waals surface area contributed by atoms with Gasteiger partial charge in [-0.05, 0) is 56.7 Å². The zero-order chi connectivity index (χ0) is 24.5. The molecule has 2 heterocycles. The van der Waals surface area contributed by atoms with Crippen molar-refractivity contribution < 1.29 is 19.1 Å². The Morgan fingerprint density at radius 2 is 1.88 bits per heavy atom. The summed E-state index contributed by atoms with van der Waals surface area (Å²) in [7, 11) is 1.40. The Labute approximate surface area is 201 Å². The lowest BCUT2D eigenvalue weighted by Gasteiger charge is -2.36. The van der Waals surface area contributed by atoms with Crippen LogP contribution < -0.4 is 15.5 Å². The summed E-state index contributed by atoms with van der Waals surface area (Å²) in [5.74, 6) is 0.376. The molecule has 0 saturated carbocycles. The largest absolute Gasteiger partial charge is 0.469 e. The number of urea groups is 1. The number of carbonyl (C=O) groups is 2. The van der Waals surface area contributed by atoms with Crippen LogP contribution in [-0.4, -0.2) is 54.9 Å². The Kier molecular flexibility index (Phi) is 9.21. The van der Waals surface area contributed by atoms with Crippen LogP contribution in [0.25, 0.3) is 0 Å². The lowest BCUT2D eigenvalue weighted by atomic mass is 9.92. The Hall–Kier alpha value is -3.20. The van der Waals surface area contributed by atoms with Crippen LogP contribution in [-0.2, 0) is 14.3 Å². The Bertz CT molecular complexity index is 960. The molecule has 1 aromatic carbocycles. The van der Waals surface area contributed by atoms with Crippen LogP contribution >= 0.6 is 0 Å². The second-order valence-corrected chi connectivity index (χ2v) is 8.39. The van der Waals surface area contributed by atoms with Crippen molar-refractivity contribution in [3.8, 4) is 0 Å². The first-order chi connectivity index (χ1) is 16.4. The lowest BCUT2D eigenvalue weighted by molar-refractivity contribution is -0.141. The number of rotatable bonds is 9. The molecule has 0 aliphatic carbocycles. The van der Waals surface area contributed by atoms with Gasteiger partial charge in [-0.3, -0.25) is 4.79 Å². The summed E-state index contributed by atoms with van der Waals surface area (Å²) in [4.78, 5) is 35.4. The molecular weight excluding hydrogens is 434 g/mol. The summed E-state index contributed by atoms with van der Waals surface area (Å²) in [5.41, 5.74) is 3.13. The van der Waals surface area contributed by atoms with Crippen LogP contribution in [0.5, 0.6) is 0 Å². The Balaban J connectivity index is 1.91. The van der Waals surface area contributed by atoms with Gasteiger partial charge in [0, 0.05) is 25.8 Å². The lowest BCUT2D eigenvalue weighted by Crippen LogP contribution is -2.40. The fraction of sp³-hybridized carbons (Fsp3) is 0.520. The van der Waals surface area contributed by atoms with Crippen molar-refractivity contribution in [2.75, 3.05) is 42.4 Å². The van der Waals surface area contributed by atoms with Crippen LogP contribution in [0.1, 0.15) is 56.8 Å². The highest BCUT2D eigenvalue weighted by Gasteiger charge is 2.24. The summed E-state index contributed by atoms with van der Waals surface area (Å²) < 4.78 is 10.4. The normalized spacial score (nSPS) is 14.8. The molecule has 1 aliphatic rings. The standard InChI is InChI=1S/C25H35N5O4/c1-5-18(14-24(31)33-4)19-7-8-23(30(6-2)21-9-11-34-12-10-21)22(13-19)29-25(32)28-20-15-26-17(3)27-16-20/h7-8,13,15-16,18,21H,5-6,9-12,14H2,1-4H3,(H2,28,29,32). The van der Waals surface area contributed by atoms with Gasteiger partial charge in [0.2, 0.25) is 0 Å². The minimum absolute atomic E-state index is 0.00577. The topological polar surface area (TPSA) is 106 Å². The van der Waals surface area contributed by atoms with E-state index in [-0.39, 0.29) is 24.3 Å². The molecule has 184 valence electrons. The molecule has 1 aliphatic heterocycles. The molecule has 9 heteroatoms. The highest BCUT2D eigenvalue weighted by atomic mass is 16.5. The maximum absolute atomic E-state index is 12.9. The molecule has 3 rings (SSSR count). The molecule has 0 spiro atoms. The van der Waals surface area contributed by atoms with E-state index in [1.165, 1.54) is 7.11 Å². The number of benzene rings is 1. The predicted octanol–water partition coefficient (Wildman–Crippen LogP) is 4.49. The number of ether oxygens (including phenoxy) is 2. The van der Waals surface area contributed by atoms with Gasteiger partial charge in [0.25, 0.3) is 0 Å². The molecule has 1 saturated heterocycles. The quantitative estimate of drug-likeness (QED) is 0.521. The van der Waals surface area contributed by atoms with Crippen LogP contribution in [0, 0.1) is 6.92 Å². The second kappa shape index (κ2) is 12.3. The number of amides is 2. The van der Waals surface area contributed by atoms with Crippen LogP contribution in [0.2, 0.25) is 0 Å². The second-order valence-electron chi connectivity index (χ2n) is 8.39. The van der Waals surface area contributed by atoms with Crippen molar-refractivity contribution in [1.29, 1.82) is 0 Å². The van der Waals surface area contributed by atoms with Crippen LogP contribution in [0.3, 0.4) is 0 Å². The molecule has 0 radical (unpaired) electrons. The van der Waals surface area contributed by atoms with Gasteiger partial charge in [0.05, 0.1) is 43.0 Å². The van der Waals surface area contributed by atoms with Gasteiger partial charge in [0.15, 0.2) is 0 Å². The smallest absolute Gasteiger partial charge is 0.323 e. The van der Waals surface area contributed by atoms with Crippen molar-refractivity contribution in [3.63, 3.8) is 0 Å².